The van der Waals surface area contributed by atoms with Gasteiger partial charge in [0, 0.05) is 29.5 Å². The van der Waals surface area contributed by atoms with Crippen LogP contribution in [-0.4, -0.2) is 34.5 Å². The summed E-state index contributed by atoms with van der Waals surface area (Å²) in [6.45, 7) is 1.81. The molecule has 0 aromatic heterocycles. The molecule has 2 aromatic carbocycles. The molecule has 0 spiro atoms. The van der Waals surface area contributed by atoms with E-state index in [1.807, 2.05) is 19.1 Å². The number of hydrogen-bond acceptors (Lipinski definition) is 4. The monoisotopic (exact) mass is 542 g/mol. The number of alkyl halides is 3. The Morgan fingerprint density at radius 1 is 1.21 bits per heavy atom. The van der Waals surface area contributed by atoms with Crippen molar-refractivity contribution in [3.63, 3.8) is 0 Å². The number of rotatable bonds is 3. The molecule has 0 saturated carbocycles. The summed E-state index contributed by atoms with van der Waals surface area (Å²) >= 11 is 0. The number of amides is 4. The summed E-state index contributed by atoms with van der Waals surface area (Å²) in [4.78, 5) is 29.7. The van der Waals surface area contributed by atoms with E-state index in [1.54, 1.807) is 6.07 Å². The first kappa shape index (κ1) is 27.1. The van der Waals surface area contributed by atoms with E-state index in [0.29, 0.717) is 36.1 Å². The van der Waals surface area contributed by atoms with Gasteiger partial charge in [-0.2, -0.15) is 18.4 Å². The number of carbonyl (C=O) groups is 2. The number of nitriles is 1. The number of allylic oxidation sites excluding steroid dienone is 2. The van der Waals surface area contributed by atoms with Crippen LogP contribution in [0.25, 0.3) is 0 Å². The minimum absolute atomic E-state index is 0.0128. The van der Waals surface area contributed by atoms with Gasteiger partial charge in [0.15, 0.2) is 0 Å². The Kier molecular flexibility index (Phi) is 7.47. The molecular formula is C27H25F3N4O3S. The summed E-state index contributed by atoms with van der Waals surface area (Å²) in [7, 11) is -0.232. The average molecular weight is 543 g/mol. The summed E-state index contributed by atoms with van der Waals surface area (Å²) < 4.78 is 53.5. The van der Waals surface area contributed by atoms with Crippen molar-refractivity contribution in [2.24, 2.45) is 0 Å². The third-order valence-electron chi connectivity index (χ3n) is 6.68. The third kappa shape index (κ3) is 4.72. The number of halogens is 3. The maximum absolute atomic E-state index is 14.1. The molecule has 7 nitrogen and oxygen atoms in total. The lowest BCUT2D eigenvalue weighted by Gasteiger charge is -2.45. The Hall–Kier alpha value is -3.91. The lowest BCUT2D eigenvalue weighted by Crippen LogP contribution is -2.55. The number of carbonyl (C=O) groups excluding carboxylic acids is 2. The molecule has 4 rings (SSSR count). The summed E-state index contributed by atoms with van der Waals surface area (Å²) in [5.74, 6) is 0. The van der Waals surface area contributed by atoms with E-state index in [1.165, 1.54) is 42.5 Å². The fourth-order valence-corrected chi connectivity index (χ4v) is 5.82. The largest absolute Gasteiger partial charge is 0.416 e. The molecule has 1 heterocycles. The quantitative estimate of drug-likeness (QED) is 0.513. The molecule has 1 N–H and O–H groups in total. The highest BCUT2D eigenvalue weighted by atomic mass is 32.2. The van der Waals surface area contributed by atoms with Crippen LogP contribution in [0.2, 0.25) is 0 Å². The first-order valence-corrected chi connectivity index (χ1v) is 13.4. The number of nitrogens with zero attached hydrogens (tertiary/aromatic N) is 3. The normalized spacial score (nSPS) is 19.8. The van der Waals surface area contributed by atoms with Crippen LogP contribution in [0.15, 0.2) is 70.3 Å². The van der Waals surface area contributed by atoms with Crippen LogP contribution < -0.4 is 10.2 Å². The molecule has 38 heavy (non-hydrogen) atoms. The molecule has 4 amide bonds. The number of anilines is 1. The van der Waals surface area contributed by atoms with Gasteiger partial charge >= 0.3 is 18.2 Å². The molecule has 198 valence electrons. The standard InChI is InChI=1S/C27H25F3N4O3S/c1-4-17-7-5-10-21-23(17)24(20-12-11-16(15-31)13-22(20)38(3)37)34(25(35)32-2)26(36)33(21)19-9-6-8-18(14-19)27(28,29)30/h4,6,8-9,11-14,24H,5,7,10H2,1-3H3,(H,32,35). The molecule has 2 aliphatic rings. The van der Waals surface area contributed by atoms with Crippen molar-refractivity contribution in [2.75, 3.05) is 18.2 Å². The van der Waals surface area contributed by atoms with Crippen molar-refractivity contribution in [1.29, 1.82) is 5.26 Å². The van der Waals surface area contributed by atoms with Crippen molar-refractivity contribution in [2.45, 2.75) is 43.3 Å². The molecule has 0 saturated heterocycles. The van der Waals surface area contributed by atoms with Gasteiger partial charge in [-0.05, 0) is 67.7 Å². The first-order valence-electron chi connectivity index (χ1n) is 11.8. The van der Waals surface area contributed by atoms with Crippen LogP contribution in [0.4, 0.5) is 28.4 Å². The predicted molar refractivity (Wildman–Crippen MR) is 136 cm³/mol. The molecular weight excluding hydrogens is 517 g/mol. The zero-order valence-electron chi connectivity index (χ0n) is 20.9. The lowest BCUT2D eigenvalue weighted by atomic mass is 9.80. The van der Waals surface area contributed by atoms with E-state index < -0.39 is 40.6 Å². The maximum atomic E-state index is 14.1. The van der Waals surface area contributed by atoms with Crippen LogP contribution in [0, 0.1) is 11.3 Å². The Balaban J connectivity index is 2.07. The van der Waals surface area contributed by atoms with Crippen LogP contribution >= 0.6 is 0 Å². The van der Waals surface area contributed by atoms with E-state index in [2.05, 4.69) is 5.32 Å². The van der Waals surface area contributed by atoms with Crippen molar-refractivity contribution in [3.8, 4) is 6.07 Å². The number of benzene rings is 2. The van der Waals surface area contributed by atoms with Crippen LogP contribution in [0.5, 0.6) is 0 Å². The predicted octanol–water partition coefficient (Wildman–Crippen LogP) is 6.02. The van der Waals surface area contributed by atoms with Crippen molar-refractivity contribution in [1.82, 2.24) is 10.2 Å². The molecule has 2 aromatic rings. The second-order valence-electron chi connectivity index (χ2n) is 8.84. The van der Waals surface area contributed by atoms with E-state index in [4.69, 9.17) is 0 Å². The fraction of sp³-hybridized carbons (Fsp3) is 0.296. The summed E-state index contributed by atoms with van der Waals surface area (Å²) in [5.41, 5.74) is 1.64. The third-order valence-corrected chi connectivity index (χ3v) is 7.65. The molecule has 2 unspecified atom stereocenters. The van der Waals surface area contributed by atoms with E-state index in [-0.39, 0.29) is 16.1 Å². The van der Waals surface area contributed by atoms with Crippen LogP contribution in [0.3, 0.4) is 0 Å². The minimum Gasteiger partial charge on any atom is -0.341 e. The highest BCUT2D eigenvalue weighted by Crippen LogP contribution is 2.49. The molecule has 0 bridgehead atoms. The van der Waals surface area contributed by atoms with Crippen molar-refractivity contribution < 1.29 is 27.0 Å². The number of imide groups is 1. The zero-order chi connectivity index (χ0) is 27.8. The molecule has 0 fully saturated rings. The Labute approximate surface area is 220 Å². The highest BCUT2D eigenvalue weighted by molar-refractivity contribution is 7.84. The van der Waals surface area contributed by atoms with Crippen LogP contribution in [-0.2, 0) is 17.0 Å². The van der Waals surface area contributed by atoms with Gasteiger partial charge < -0.3 is 5.32 Å². The number of hydrogen-bond donors (Lipinski definition) is 1. The fourth-order valence-electron chi connectivity index (χ4n) is 5.01. The van der Waals surface area contributed by atoms with E-state index >= 15 is 0 Å². The van der Waals surface area contributed by atoms with Gasteiger partial charge in [-0.25, -0.2) is 14.5 Å². The van der Waals surface area contributed by atoms with Gasteiger partial charge in [0.2, 0.25) is 0 Å². The molecule has 11 heteroatoms. The molecule has 2 atom stereocenters. The van der Waals surface area contributed by atoms with Gasteiger partial charge in [-0.15, -0.1) is 0 Å². The summed E-state index contributed by atoms with van der Waals surface area (Å²) in [5, 5.41) is 11.9. The van der Waals surface area contributed by atoms with Crippen LogP contribution in [0.1, 0.15) is 48.9 Å². The minimum atomic E-state index is -4.63. The Bertz CT molecular complexity index is 1440. The highest BCUT2D eigenvalue weighted by Gasteiger charge is 2.47. The Morgan fingerprint density at radius 2 is 1.95 bits per heavy atom. The number of nitrogens with one attached hydrogen (secondary N) is 1. The molecule has 0 radical (unpaired) electrons. The van der Waals surface area contributed by atoms with Gasteiger partial charge in [0.25, 0.3) is 0 Å². The first-order chi connectivity index (χ1) is 18.0. The lowest BCUT2D eigenvalue weighted by molar-refractivity contribution is -0.137. The van der Waals surface area contributed by atoms with Gasteiger partial charge in [-0.3, -0.25) is 9.11 Å². The van der Waals surface area contributed by atoms with Crippen molar-refractivity contribution >= 4 is 28.5 Å². The van der Waals surface area contributed by atoms with Gasteiger partial charge in [0.05, 0.1) is 39.7 Å². The summed E-state index contributed by atoms with van der Waals surface area (Å²) in [6, 6.07) is 8.41. The number of urea groups is 2. The zero-order valence-corrected chi connectivity index (χ0v) is 21.7. The molecule has 1 aliphatic heterocycles. The average Bonchev–Trinajstić information content (AvgIpc) is 2.90. The van der Waals surface area contributed by atoms with E-state index in [9.17, 15) is 32.2 Å². The summed E-state index contributed by atoms with van der Waals surface area (Å²) in [6.07, 6.45) is 0.325. The molecule has 1 aliphatic carbocycles. The smallest absolute Gasteiger partial charge is 0.341 e. The van der Waals surface area contributed by atoms with E-state index in [0.717, 1.165) is 22.6 Å². The van der Waals surface area contributed by atoms with Crippen molar-refractivity contribution in [3.05, 3.63) is 82.1 Å². The SMILES string of the molecule is CC=C1CCCC2=C1C(c1ccc(C#N)cc1S(C)=O)N(C(=O)NC)C(=O)N2c1cccc(C(F)(F)F)c1. The topological polar surface area (TPSA) is 93.5 Å². The van der Waals surface area contributed by atoms with Gasteiger partial charge in [-0.1, -0.05) is 18.2 Å². The Morgan fingerprint density at radius 3 is 2.55 bits per heavy atom. The second kappa shape index (κ2) is 10.5. The maximum Gasteiger partial charge on any atom is 0.416 e. The second-order valence-corrected chi connectivity index (χ2v) is 10.2. The van der Waals surface area contributed by atoms with Gasteiger partial charge in [0.1, 0.15) is 0 Å².